The van der Waals surface area contributed by atoms with Crippen LogP contribution >= 0.6 is 15.9 Å². The van der Waals surface area contributed by atoms with Gasteiger partial charge < -0.3 is 0 Å². The number of rotatable bonds is 0. The molecule has 0 unspecified atom stereocenters. The van der Waals surface area contributed by atoms with E-state index in [9.17, 15) is 4.79 Å². The summed E-state index contributed by atoms with van der Waals surface area (Å²) in [7, 11) is 0. The predicted octanol–water partition coefficient (Wildman–Crippen LogP) is 3.85. The van der Waals surface area contributed by atoms with Crippen molar-refractivity contribution in [1.29, 1.82) is 0 Å². The molecule has 4 rings (SSSR count). The van der Waals surface area contributed by atoms with Crippen molar-refractivity contribution in [2.24, 2.45) is 0 Å². The fourth-order valence-electron chi connectivity index (χ4n) is 3.96. The summed E-state index contributed by atoms with van der Waals surface area (Å²) in [5.74, 6) is 1.03. The van der Waals surface area contributed by atoms with Crippen LogP contribution in [0, 0.1) is 6.92 Å². The van der Waals surface area contributed by atoms with Gasteiger partial charge in [0.05, 0.1) is 10.9 Å². The normalized spacial score (nSPS) is 23.1. The minimum absolute atomic E-state index is 0.130. The van der Waals surface area contributed by atoms with E-state index in [4.69, 9.17) is 4.98 Å². The van der Waals surface area contributed by atoms with Gasteiger partial charge in [-0.05, 0) is 66.7 Å². The van der Waals surface area contributed by atoms with Crippen LogP contribution in [0.15, 0.2) is 21.4 Å². The van der Waals surface area contributed by atoms with E-state index < -0.39 is 0 Å². The molecule has 4 heteroatoms. The molecule has 0 amide bonds. The first-order valence-electron chi connectivity index (χ1n) is 7.25. The van der Waals surface area contributed by atoms with Crippen molar-refractivity contribution in [3.63, 3.8) is 0 Å². The summed E-state index contributed by atoms with van der Waals surface area (Å²) in [6.07, 6.45) is 4.69. The monoisotopic (exact) mass is 332 g/mol. The van der Waals surface area contributed by atoms with Crippen molar-refractivity contribution < 1.29 is 0 Å². The molecule has 2 aromatic rings. The molecule has 0 radical (unpaired) electrons. The number of aromatic nitrogens is 2. The van der Waals surface area contributed by atoms with Gasteiger partial charge in [0.25, 0.3) is 5.56 Å². The lowest BCUT2D eigenvalue weighted by Crippen LogP contribution is -2.34. The number of hydrogen-bond acceptors (Lipinski definition) is 2. The Morgan fingerprint density at radius 1 is 1.40 bits per heavy atom. The Morgan fingerprint density at radius 2 is 2.15 bits per heavy atom. The standard InChI is InChI=1S/C16H17BrN2O/c1-9-6-11-13(12(17)7-9)18-15-16(4-3-5-16)8-10(2)19(15)14(11)20/h6-7,10H,3-5,8H2,1-2H3/t10-/m1/s1. The molecule has 1 aromatic heterocycles. The van der Waals surface area contributed by atoms with Crippen LogP contribution in [0.2, 0.25) is 0 Å². The van der Waals surface area contributed by atoms with Crippen molar-refractivity contribution >= 4 is 26.8 Å². The van der Waals surface area contributed by atoms with Crippen molar-refractivity contribution in [1.82, 2.24) is 9.55 Å². The molecule has 20 heavy (non-hydrogen) atoms. The summed E-state index contributed by atoms with van der Waals surface area (Å²) in [6, 6.07) is 4.27. The third-order valence-corrected chi connectivity index (χ3v) is 5.62. The van der Waals surface area contributed by atoms with Crippen molar-refractivity contribution in [2.45, 2.75) is 51.0 Å². The SMILES string of the molecule is Cc1cc(Br)c2nc3n(c(=O)c2c1)[C@H](C)CC31CCC1. The van der Waals surface area contributed by atoms with Gasteiger partial charge in [-0.15, -0.1) is 0 Å². The van der Waals surface area contributed by atoms with Crippen molar-refractivity contribution in [3.8, 4) is 0 Å². The molecule has 0 bridgehead atoms. The Balaban J connectivity index is 2.12. The summed E-state index contributed by atoms with van der Waals surface area (Å²) >= 11 is 3.57. The number of nitrogens with zero attached hydrogens (tertiary/aromatic N) is 2. The number of hydrogen-bond donors (Lipinski definition) is 0. The highest BCUT2D eigenvalue weighted by Gasteiger charge is 2.48. The van der Waals surface area contributed by atoms with E-state index >= 15 is 0 Å². The maximum atomic E-state index is 12.9. The molecule has 1 atom stereocenters. The fraction of sp³-hybridized carbons (Fsp3) is 0.500. The molecule has 1 aromatic carbocycles. The molecule has 1 spiro atoms. The summed E-state index contributed by atoms with van der Waals surface area (Å²) in [5, 5.41) is 0.740. The van der Waals surface area contributed by atoms with Gasteiger partial charge in [-0.2, -0.15) is 0 Å². The highest BCUT2D eigenvalue weighted by molar-refractivity contribution is 9.10. The van der Waals surface area contributed by atoms with E-state index in [1.54, 1.807) is 0 Å². The largest absolute Gasteiger partial charge is 0.293 e. The lowest BCUT2D eigenvalue weighted by atomic mass is 9.67. The predicted molar refractivity (Wildman–Crippen MR) is 83.3 cm³/mol. The Morgan fingerprint density at radius 3 is 2.80 bits per heavy atom. The van der Waals surface area contributed by atoms with Gasteiger partial charge in [-0.1, -0.05) is 6.42 Å². The third-order valence-electron chi connectivity index (χ3n) is 5.01. The molecule has 1 aliphatic carbocycles. The minimum Gasteiger partial charge on any atom is -0.293 e. The van der Waals surface area contributed by atoms with Gasteiger partial charge in [0.1, 0.15) is 5.82 Å². The summed E-state index contributed by atoms with van der Waals surface area (Å²) < 4.78 is 2.88. The van der Waals surface area contributed by atoms with Crippen LogP contribution in [0.3, 0.4) is 0 Å². The molecule has 0 N–H and O–H groups in total. The van der Waals surface area contributed by atoms with Crippen LogP contribution in [-0.4, -0.2) is 9.55 Å². The summed E-state index contributed by atoms with van der Waals surface area (Å²) in [4.78, 5) is 17.8. The van der Waals surface area contributed by atoms with Crippen molar-refractivity contribution in [3.05, 3.63) is 38.3 Å². The molecular formula is C16H17BrN2O. The Labute approximate surface area is 126 Å². The van der Waals surface area contributed by atoms with E-state index in [0.717, 1.165) is 33.2 Å². The topological polar surface area (TPSA) is 34.9 Å². The number of benzene rings is 1. The lowest BCUT2D eigenvalue weighted by Gasteiger charge is -2.37. The first kappa shape index (κ1) is 12.6. The second-order valence-corrected chi connectivity index (χ2v) is 7.29. The highest BCUT2D eigenvalue weighted by atomic mass is 79.9. The molecule has 3 nitrogen and oxygen atoms in total. The van der Waals surface area contributed by atoms with Crippen LogP contribution in [-0.2, 0) is 5.41 Å². The maximum Gasteiger partial charge on any atom is 0.261 e. The van der Waals surface area contributed by atoms with E-state index in [2.05, 4.69) is 22.9 Å². The van der Waals surface area contributed by atoms with E-state index in [0.29, 0.717) is 0 Å². The first-order chi connectivity index (χ1) is 9.52. The zero-order valence-corrected chi connectivity index (χ0v) is 13.3. The van der Waals surface area contributed by atoms with Gasteiger partial charge in [-0.25, -0.2) is 4.98 Å². The average molecular weight is 333 g/mol. The van der Waals surface area contributed by atoms with Gasteiger partial charge in [-0.3, -0.25) is 9.36 Å². The smallest absolute Gasteiger partial charge is 0.261 e. The van der Waals surface area contributed by atoms with E-state index in [1.165, 1.54) is 19.3 Å². The lowest BCUT2D eigenvalue weighted by molar-refractivity contribution is 0.230. The van der Waals surface area contributed by atoms with Crippen LogP contribution in [0.5, 0.6) is 0 Å². The van der Waals surface area contributed by atoms with Crippen LogP contribution in [0.1, 0.15) is 50.0 Å². The highest BCUT2D eigenvalue weighted by Crippen LogP contribution is 2.52. The van der Waals surface area contributed by atoms with Gasteiger partial charge >= 0.3 is 0 Å². The Hall–Kier alpha value is -1.16. The second-order valence-electron chi connectivity index (χ2n) is 6.44. The fourth-order valence-corrected chi connectivity index (χ4v) is 4.62. The van der Waals surface area contributed by atoms with Crippen LogP contribution in [0.4, 0.5) is 0 Å². The maximum absolute atomic E-state index is 12.9. The minimum atomic E-state index is 0.130. The Kier molecular flexibility index (Phi) is 2.48. The van der Waals surface area contributed by atoms with Crippen LogP contribution in [0.25, 0.3) is 10.9 Å². The molecular weight excluding hydrogens is 316 g/mol. The molecule has 2 heterocycles. The molecule has 2 aliphatic rings. The average Bonchev–Trinajstić information content (AvgIpc) is 2.64. The molecule has 0 saturated heterocycles. The zero-order chi connectivity index (χ0) is 14.1. The van der Waals surface area contributed by atoms with Gasteiger partial charge in [0.2, 0.25) is 0 Å². The Bertz CT molecular complexity index is 789. The third kappa shape index (κ3) is 1.46. The van der Waals surface area contributed by atoms with E-state index in [-0.39, 0.29) is 17.0 Å². The molecule has 104 valence electrons. The zero-order valence-electron chi connectivity index (χ0n) is 11.7. The molecule has 1 saturated carbocycles. The van der Waals surface area contributed by atoms with Gasteiger partial charge in [0.15, 0.2) is 0 Å². The quantitative estimate of drug-likeness (QED) is 0.734. The first-order valence-corrected chi connectivity index (χ1v) is 8.04. The number of halogens is 1. The second kappa shape index (κ2) is 3.94. The van der Waals surface area contributed by atoms with Crippen molar-refractivity contribution in [2.75, 3.05) is 0 Å². The molecule has 1 fully saturated rings. The van der Waals surface area contributed by atoms with Gasteiger partial charge in [0, 0.05) is 15.9 Å². The number of aryl methyl sites for hydroxylation is 1. The van der Waals surface area contributed by atoms with Crippen LogP contribution < -0.4 is 5.56 Å². The summed E-state index contributed by atoms with van der Waals surface area (Å²) in [5.41, 5.74) is 2.22. The molecule has 1 aliphatic heterocycles. The number of fused-ring (bicyclic) bond motifs is 3. The van der Waals surface area contributed by atoms with E-state index in [1.807, 2.05) is 23.6 Å². The summed E-state index contributed by atoms with van der Waals surface area (Å²) in [6.45, 7) is 4.16.